The zero-order valence-electron chi connectivity index (χ0n) is 17.4. The molecule has 160 valence electrons. The molecule has 3 aromatic heterocycles. The normalized spacial score (nSPS) is 15.6. The van der Waals surface area contributed by atoms with Gasteiger partial charge < -0.3 is 14.6 Å². The van der Waals surface area contributed by atoms with Gasteiger partial charge in [-0.15, -0.1) is 5.10 Å². The van der Waals surface area contributed by atoms with E-state index in [0.717, 1.165) is 48.0 Å². The fourth-order valence-corrected chi connectivity index (χ4v) is 4.58. The molecule has 5 rings (SSSR count). The first-order valence-corrected chi connectivity index (χ1v) is 10.7. The minimum Gasteiger partial charge on any atom is -0.479 e. The molecule has 0 bridgehead atoms. The predicted molar refractivity (Wildman–Crippen MR) is 120 cm³/mol. The van der Waals surface area contributed by atoms with E-state index in [-0.39, 0.29) is 5.82 Å². The lowest BCUT2D eigenvalue weighted by Gasteiger charge is -2.28. The molecule has 0 atom stereocenters. The number of halogens is 2. The molecule has 8 heteroatoms. The van der Waals surface area contributed by atoms with Gasteiger partial charge in [0, 0.05) is 28.9 Å². The number of piperidine rings is 1. The number of rotatable bonds is 4. The van der Waals surface area contributed by atoms with Crippen LogP contribution in [0.1, 0.15) is 18.9 Å². The van der Waals surface area contributed by atoms with Crippen LogP contribution in [-0.4, -0.2) is 51.9 Å². The van der Waals surface area contributed by atoms with Crippen molar-refractivity contribution in [1.29, 1.82) is 0 Å². The van der Waals surface area contributed by atoms with Crippen molar-refractivity contribution < 1.29 is 9.13 Å². The number of likely N-dealkylation sites (tertiary alicyclic amines) is 1. The van der Waals surface area contributed by atoms with Crippen LogP contribution in [0.25, 0.3) is 33.3 Å². The lowest BCUT2D eigenvalue weighted by Crippen LogP contribution is -2.31. The highest BCUT2D eigenvalue weighted by molar-refractivity contribution is 6.34. The largest absolute Gasteiger partial charge is 0.479 e. The summed E-state index contributed by atoms with van der Waals surface area (Å²) in [7, 11) is 3.77. The van der Waals surface area contributed by atoms with Crippen molar-refractivity contribution in [3.63, 3.8) is 0 Å². The maximum Gasteiger partial charge on any atom is 0.240 e. The zero-order chi connectivity index (χ0) is 21.5. The summed E-state index contributed by atoms with van der Waals surface area (Å²) in [4.78, 5) is 9.98. The lowest BCUT2D eigenvalue weighted by molar-refractivity contribution is 0.210. The monoisotopic (exact) mass is 439 g/mol. The average Bonchev–Trinajstić information content (AvgIpc) is 3.34. The fourth-order valence-electron chi connectivity index (χ4n) is 4.28. The lowest BCUT2D eigenvalue weighted by atomic mass is 10.0. The molecule has 1 saturated heterocycles. The third-order valence-corrected chi connectivity index (χ3v) is 6.27. The SMILES string of the molecule is COc1nn(C2CCN(C)CC2)cc1-c1cnc2[nH]c(Cl)c(-c3cccc(F)c3)c2c1. The van der Waals surface area contributed by atoms with Gasteiger partial charge in [0.2, 0.25) is 5.88 Å². The van der Waals surface area contributed by atoms with Crippen LogP contribution < -0.4 is 4.74 Å². The van der Waals surface area contributed by atoms with Crippen LogP contribution >= 0.6 is 11.6 Å². The Morgan fingerprint density at radius 1 is 1.19 bits per heavy atom. The van der Waals surface area contributed by atoms with Gasteiger partial charge in [-0.25, -0.2) is 9.37 Å². The summed E-state index contributed by atoms with van der Waals surface area (Å²) in [6.45, 7) is 2.10. The van der Waals surface area contributed by atoms with Gasteiger partial charge in [-0.2, -0.15) is 0 Å². The van der Waals surface area contributed by atoms with Crippen LogP contribution in [0.5, 0.6) is 5.88 Å². The van der Waals surface area contributed by atoms with Crippen molar-refractivity contribution in [1.82, 2.24) is 24.6 Å². The van der Waals surface area contributed by atoms with E-state index < -0.39 is 0 Å². The van der Waals surface area contributed by atoms with Crippen LogP contribution in [0, 0.1) is 5.82 Å². The second-order valence-electron chi connectivity index (χ2n) is 8.01. The smallest absolute Gasteiger partial charge is 0.240 e. The Bertz CT molecular complexity index is 1240. The summed E-state index contributed by atoms with van der Waals surface area (Å²) >= 11 is 6.47. The number of nitrogens with zero attached hydrogens (tertiary/aromatic N) is 4. The van der Waals surface area contributed by atoms with E-state index in [4.69, 9.17) is 21.4 Å². The van der Waals surface area contributed by atoms with E-state index in [2.05, 4.69) is 21.9 Å². The van der Waals surface area contributed by atoms with Crippen molar-refractivity contribution in [3.05, 3.63) is 53.7 Å². The Kier molecular flexibility index (Phi) is 5.16. The number of benzene rings is 1. The van der Waals surface area contributed by atoms with E-state index in [1.165, 1.54) is 12.1 Å². The molecular formula is C23H23ClFN5O. The standard InChI is InChI=1S/C23H23ClFN5O/c1-29-8-6-17(7-9-29)30-13-19(23(28-30)31-2)15-11-18-20(14-4-3-5-16(25)10-14)21(24)27-22(18)26-12-15/h3-5,10-13,17H,6-9H2,1-2H3,(H,26,27). The minimum absolute atomic E-state index is 0.312. The molecule has 1 N–H and O–H groups in total. The summed E-state index contributed by atoms with van der Waals surface area (Å²) < 4.78 is 21.4. The third kappa shape index (κ3) is 3.68. The van der Waals surface area contributed by atoms with Gasteiger partial charge in [0.25, 0.3) is 0 Å². The van der Waals surface area contributed by atoms with Crippen molar-refractivity contribution in [3.8, 4) is 28.1 Å². The minimum atomic E-state index is -0.312. The van der Waals surface area contributed by atoms with Crippen molar-refractivity contribution in [2.24, 2.45) is 0 Å². The van der Waals surface area contributed by atoms with Gasteiger partial charge >= 0.3 is 0 Å². The van der Waals surface area contributed by atoms with Crippen molar-refractivity contribution in [2.45, 2.75) is 18.9 Å². The number of aromatic amines is 1. The van der Waals surface area contributed by atoms with Gasteiger partial charge in [-0.1, -0.05) is 23.7 Å². The number of pyridine rings is 1. The summed E-state index contributed by atoms with van der Waals surface area (Å²) in [6.07, 6.45) is 5.92. The Hall–Kier alpha value is -2.90. The molecule has 31 heavy (non-hydrogen) atoms. The molecule has 4 aromatic rings. The number of hydrogen-bond acceptors (Lipinski definition) is 4. The second-order valence-corrected chi connectivity index (χ2v) is 8.39. The third-order valence-electron chi connectivity index (χ3n) is 5.98. The Morgan fingerprint density at radius 2 is 2.00 bits per heavy atom. The van der Waals surface area contributed by atoms with Crippen LogP contribution in [0.4, 0.5) is 4.39 Å². The first-order valence-electron chi connectivity index (χ1n) is 10.3. The van der Waals surface area contributed by atoms with Crippen LogP contribution in [0.2, 0.25) is 5.15 Å². The van der Waals surface area contributed by atoms with Gasteiger partial charge in [0.1, 0.15) is 16.6 Å². The summed E-state index contributed by atoms with van der Waals surface area (Å²) in [5.41, 5.74) is 3.82. The molecule has 1 fully saturated rings. The molecule has 6 nitrogen and oxygen atoms in total. The van der Waals surface area contributed by atoms with E-state index in [9.17, 15) is 4.39 Å². The molecule has 0 amide bonds. The van der Waals surface area contributed by atoms with Crippen LogP contribution in [0.3, 0.4) is 0 Å². The highest BCUT2D eigenvalue weighted by Gasteiger charge is 2.23. The van der Waals surface area contributed by atoms with Gasteiger partial charge in [-0.05, 0) is 56.7 Å². The number of methoxy groups -OCH3 is 1. The Balaban J connectivity index is 1.59. The number of aromatic nitrogens is 4. The summed E-state index contributed by atoms with van der Waals surface area (Å²) in [6, 6.07) is 8.75. The Morgan fingerprint density at radius 3 is 2.74 bits per heavy atom. The molecule has 1 aliphatic rings. The molecule has 0 unspecified atom stereocenters. The maximum atomic E-state index is 13.8. The number of H-pyrrole nitrogens is 1. The Labute approximate surface area is 184 Å². The molecule has 0 saturated carbocycles. The number of ether oxygens (including phenoxy) is 1. The quantitative estimate of drug-likeness (QED) is 0.477. The highest BCUT2D eigenvalue weighted by atomic mass is 35.5. The first-order chi connectivity index (χ1) is 15.0. The van der Waals surface area contributed by atoms with Crippen molar-refractivity contribution in [2.75, 3.05) is 27.2 Å². The van der Waals surface area contributed by atoms with Crippen LogP contribution in [-0.2, 0) is 0 Å². The van der Waals surface area contributed by atoms with E-state index in [0.29, 0.717) is 28.3 Å². The van der Waals surface area contributed by atoms with E-state index >= 15 is 0 Å². The fraction of sp³-hybridized carbons (Fsp3) is 0.304. The number of nitrogens with one attached hydrogen (secondary N) is 1. The predicted octanol–water partition coefficient (Wildman–Crippen LogP) is 5.16. The molecule has 0 spiro atoms. The maximum absolute atomic E-state index is 13.8. The number of fused-ring (bicyclic) bond motifs is 1. The van der Waals surface area contributed by atoms with E-state index in [1.807, 2.05) is 23.0 Å². The van der Waals surface area contributed by atoms with Gasteiger partial charge in [0.05, 0.1) is 18.7 Å². The average molecular weight is 440 g/mol. The first kappa shape index (κ1) is 20.0. The van der Waals surface area contributed by atoms with Gasteiger partial charge in [0.15, 0.2) is 0 Å². The second kappa shape index (κ2) is 7.98. The molecule has 1 aromatic carbocycles. The molecule has 0 aliphatic carbocycles. The summed E-state index contributed by atoms with van der Waals surface area (Å²) in [5, 5.41) is 5.95. The van der Waals surface area contributed by atoms with Crippen molar-refractivity contribution >= 4 is 22.6 Å². The molecule has 4 heterocycles. The van der Waals surface area contributed by atoms with Gasteiger partial charge in [-0.3, -0.25) is 4.68 Å². The molecular weight excluding hydrogens is 417 g/mol. The summed E-state index contributed by atoms with van der Waals surface area (Å²) in [5.74, 6) is 0.252. The van der Waals surface area contributed by atoms with E-state index in [1.54, 1.807) is 19.4 Å². The highest BCUT2D eigenvalue weighted by Crippen LogP contribution is 2.38. The molecule has 1 aliphatic heterocycles. The zero-order valence-corrected chi connectivity index (χ0v) is 18.2. The van der Waals surface area contributed by atoms with Crippen LogP contribution in [0.15, 0.2) is 42.7 Å². The topological polar surface area (TPSA) is 59.0 Å². The number of hydrogen-bond donors (Lipinski definition) is 1. The molecule has 0 radical (unpaired) electrons.